The Kier molecular flexibility index (Phi) is 11.1. The molecule has 8 nitrogen and oxygen atoms in total. The highest BCUT2D eigenvalue weighted by atomic mass is 32.1. The van der Waals surface area contributed by atoms with E-state index in [1.807, 2.05) is 12.1 Å². The zero-order chi connectivity index (χ0) is 27.7. The predicted octanol–water partition coefficient (Wildman–Crippen LogP) is 4.59. The molecule has 3 rings (SSSR count). The van der Waals surface area contributed by atoms with Crippen LogP contribution in [0.25, 0.3) is 10.2 Å². The fourth-order valence-electron chi connectivity index (χ4n) is 4.87. The second kappa shape index (κ2) is 14.2. The van der Waals surface area contributed by atoms with Crippen LogP contribution in [0, 0.1) is 23.2 Å². The van der Waals surface area contributed by atoms with Gasteiger partial charge < -0.3 is 16.0 Å². The molecule has 38 heavy (non-hydrogen) atoms. The number of nitriles is 1. The summed E-state index contributed by atoms with van der Waals surface area (Å²) in [5.41, 5.74) is 2.12. The van der Waals surface area contributed by atoms with Crippen LogP contribution in [0.4, 0.5) is 0 Å². The normalized spacial score (nSPS) is 16.4. The van der Waals surface area contributed by atoms with Crippen LogP contribution < -0.4 is 16.0 Å². The summed E-state index contributed by atoms with van der Waals surface area (Å²) >= 11 is 1.55. The lowest BCUT2D eigenvalue weighted by Crippen LogP contribution is -2.53. The summed E-state index contributed by atoms with van der Waals surface area (Å²) in [5, 5.41) is 18.7. The molecular formula is C29H41N5O3S. The van der Waals surface area contributed by atoms with Gasteiger partial charge in [0.05, 0.1) is 21.3 Å². The SMILES string of the molecule is CCC(=O)N[C@@H](Cc1nc2ccc(C(C)C)cc2s1)C(=O)N[C@H](CNC(=O)C(C)C#N)CC1CCCCC1. The monoisotopic (exact) mass is 539 g/mol. The number of thiazole rings is 1. The van der Waals surface area contributed by atoms with Crippen molar-refractivity contribution in [2.45, 2.75) is 97.1 Å². The summed E-state index contributed by atoms with van der Waals surface area (Å²) < 4.78 is 1.07. The first-order valence-corrected chi connectivity index (χ1v) is 14.7. The zero-order valence-electron chi connectivity index (χ0n) is 23.0. The number of carbonyl (C=O) groups is 3. The smallest absolute Gasteiger partial charge is 0.243 e. The number of aromatic nitrogens is 1. The van der Waals surface area contributed by atoms with E-state index in [9.17, 15) is 14.4 Å². The fraction of sp³-hybridized carbons (Fsp3) is 0.621. The Morgan fingerprint density at radius 2 is 1.84 bits per heavy atom. The molecule has 0 radical (unpaired) electrons. The summed E-state index contributed by atoms with van der Waals surface area (Å²) in [7, 11) is 0. The van der Waals surface area contributed by atoms with E-state index in [1.54, 1.807) is 25.2 Å². The number of amides is 3. The van der Waals surface area contributed by atoms with Gasteiger partial charge in [0.2, 0.25) is 17.7 Å². The lowest BCUT2D eigenvalue weighted by atomic mass is 9.84. The van der Waals surface area contributed by atoms with Crippen LogP contribution in [-0.4, -0.2) is 41.3 Å². The third-order valence-electron chi connectivity index (χ3n) is 7.27. The number of carbonyl (C=O) groups excluding carboxylic acids is 3. The maximum Gasteiger partial charge on any atom is 0.243 e. The fourth-order valence-corrected chi connectivity index (χ4v) is 5.93. The van der Waals surface area contributed by atoms with Crippen molar-refractivity contribution >= 4 is 39.3 Å². The van der Waals surface area contributed by atoms with Crippen molar-refractivity contribution in [3.8, 4) is 6.07 Å². The minimum Gasteiger partial charge on any atom is -0.353 e. The molecule has 1 aliphatic carbocycles. The molecule has 0 bridgehead atoms. The molecule has 206 valence electrons. The standard InChI is InChI=1S/C29H41N5O3S/c1-5-26(35)33-24(15-27-34-23-12-11-21(18(2)3)14-25(23)38-27)29(37)32-22(13-20-9-7-6-8-10-20)17-31-28(36)19(4)16-30/h11-12,14,18-20,22,24H,5-10,13,15,17H2,1-4H3,(H,31,36)(H,32,37)(H,33,35)/t19?,22-,24-/m0/s1. The van der Waals surface area contributed by atoms with Crippen molar-refractivity contribution in [3.63, 3.8) is 0 Å². The van der Waals surface area contributed by atoms with Crippen molar-refractivity contribution in [1.82, 2.24) is 20.9 Å². The Morgan fingerprint density at radius 1 is 1.11 bits per heavy atom. The van der Waals surface area contributed by atoms with Crippen molar-refractivity contribution in [2.75, 3.05) is 6.54 Å². The molecule has 0 aliphatic heterocycles. The first-order chi connectivity index (χ1) is 18.2. The minimum absolute atomic E-state index is 0.201. The largest absolute Gasteiger partial charge is 0.353 e. The third-order valence-corrected chi connectivity index (χ3v) is 8.31. The summed E-state index contributed by atoms with van der Waals surface area (Å²) in [5.74, 6) is -0.701. The maximum atomic E-state index is 13.5. The molecule has 1 fully saturated rings. The van der Waals surface area contributed by atoms with Crippen LogP contribution in [0.15, 0.2) is 18.2 Å². The highest BCUT2D eigenvalue weighted by Gasteiger charge is 2.27. The minimum atomic E-state index is -0.768. The molecule has 1 unspecified atom stereocenters. The summed E-state index contributed by atoms with van der Waals surface area (Å²) in [6, 6.07) is 7.13. The van der Waals surface area contributed by atoms with Crippen LogP contribution in [-0.2, 0) is 20.8 Å². The van der Waals surface area contributed by atoms with E-state index >= 15 is 0 Å². The molecule has 0 spiro atoms. The number of hydrogen-bond acceptors (Lipinski definition) is 6. The van der Waals surface area contributed by atoms with Crippen molar-refractivity contribution in [1.29, 1.82) is 5.26 Å². The van der Waals surface area contributed by atoms with Gasteiger partial charge in [-0.1, -0.05) is 58.9 Å². The van der Waals surface area contributed by atoms with Crippen molar-refractivity contribution in [3.05, 3.63) is 28.8 Å². The van der Waals surface area contributed by atoms with Crippen LogP contribution >= 0.6 is 11.3 Å². The number of nitrogens with one attached hydrogen (secondary N) is 3. The first-order valence-electron chi connectivity index (χ1n) is 13.9. The van der Waals surface area contributed by atoms with Crippen LogP contribution in [0.2, 0.25) is 0 Å². The second-order valence-corrected chi connectivity index (χ2v) is 11.8. The number of nitrogens with zero attached hydrogens (tertiary/aromatic N) is 2. The van der Waals surface area contributed by atoms with Crippen molar-refractivity contribution in [2.24, 2.45) is 11.8 Å². The quantitative estimate of drug-likeness (QED) is 0.364. The summed E-state index contributed by atoms with van der Waals surface area (Å²) in [6.07, 6.45) is 7.11. The van der Waals surface area contributed by atoms with Gasteiger partial charge in [0.1, 0.15) is 12.0 Å². The molecule has 1 aromatic carbocycles. The molecule has 1 aliphatic rings. The van der Waals surface area contributed by atoms with E-state index in [-0.39, 0.29) is 36.7 Å². The molecular weight excluding hydrogens is 498 g/mol. The van der Waals surface area contributed by atoms with Crippen LogP contribution in [0.3, 0.4) is 0 Å². The molecule has 3 amide bonds. The number of rotatable bonds is 12. The van der Waals surface area contributed by atoms with Gasteiger partial charge in [-0.25, -0.2) is 4.98 Å². The Morgan fingerprint density at radius 3 is 2.50 bits per heavy atom. The van der Waals surface area contributed by atoms with Crippen LogP contribution in [0.5, 0.6) is 0 Å². The van der Waals surface area contributed by atoms with Crippen molar-refractivity contribution < 1.29 is 14.4 Å². The molecule has 3 N–H and O–H groups in total. The lowest BCUT2D eigenvalue weighted by molar-refractivity contribution is -0.129. The Hall–Kier alpha value is -2.99. The second-order valence-electron chi connectivity index (χ2n) is 10.7. The Bertz CT molecular complexity index is 1150. The lowest BCUT2D eigenvalue weighted by Gasteiger charge is -2.29. The average molecular weight is 540 g/mol. The van der Waals surface area contributed by atoms with Gasteiger partial charge in [0, 0.05) is 25.4 Å². The van der Waals surface area contributed by atoms with Gasteiger partial charge in [-0.15, -0.1) is 11.3 Å². The molecule has 0 saturated heterocycles. The first kappa shape index (κ1) is 29.6. The van der Waals surface area contributed by atoms with E-state index in [1.165, 1.54) is 24.8 Å². The number of hydrogen-bond donors (Lipinski definition) is 3. The predicted molar refractivity (Wildman–Crippen MR) is 151 cm³/mol. The topological polar surface area (TPSA) is 124 Å². The van der Waals surface area contributed by atoms with Gasteiger partial charge in [-0.3, -0.25) is 14.4 Å². The van der Waals surface area contributed by atoms with Gasteiger partial charge in [0.15, 0.2) is 0 Å². The van der Waals surface area contributed by atoms with Gasteiger partial charge >= 0.3 is 0 Å². The number of fused-ring (bicyclic) bond motifs is 1. The van der Waals surface area contributed by atoms with Gasteiger partial charge in [-0.2, -0.15) is 5.26 Å². The molecule has 2 aromatic rings. The average Bonchev–Trinajstić information content (AvgIpc) is 3.32. The Labute approximate surface area is 230 Å². The van der Waals surface area contributed by atoms with E-state index < -0.39 is 12.0 Å². The highest BCUT2D eigenvalue weighted by Crippen LogP contribution is 2.28. The van der Waals surface area contributed by atoms with E-state index in [2.05, 4.69) is 41.9 Å². The van der Waals surface area contributed by atoms with Gasteiger partial charge in [0.25, 0.3) is 0 Å². The molecule has 1 heterocycles. The van der Waals surface area contributed by atoms with E-state index in [0.717, 1.165) is 34.5 Å². The Balaban J connectivity index is 1.76. The van der Waals surface area contributed by atoms with Gasteiger partial charge in [-0.05, 0) is 42.9 Å². The molecule has 9 heteroatoms. The van der Waals surface area contributed by atoms with Crippen LogP contribution in [0.1, 0.15) is 89.1 Å². The zero-order valence-corrected chi connectivity index (χ0v) is 23.8. The highest BCUT2D eigenvalue weighted by molar-refractivity contribution is 7.18. The number of benzene rings is 1. The molecule has 1 saturated carbocycles. The maximum absolute atomic E-state index is 13.5. The third kappa shape index (κ3) is 8.52. The van der Waals surface area contributed by atoms with E-state index in [0.29, 0.717) is 18.3 Å². The summed E-state index contributed by atoms with van der Waals surface area (Å²) in [6.45, 7) is 7.87. The molecule has 1 aromatic heterocycles. The summed E-state index contributed by atoms with van der Waals surface area (Å²) in [4.78, 5) is 42.9. The molecule has 3 atom stereocenters. The van der Waals surface area contributed by atoms with E-state index in [4.69, 9.17) is 10.2 Å².